The average molecular weight is 414 g/mol. The van der Waals surface area contributed by atoms with Gasteiger partial charge in [-0.25, -0.2) is 0 Å². The Morgan fingerprint density at radius 1 is 1.00 bits per heavy atom. The van der Waals surface area contributed by atoms with E-state index in [2.05, 4.69) is 17.1 Å². The number of Topliss-reactive ketones (excluding diaryl/α,β-unsaturated/α-hetero) is 1. The maximum absolute atomic E-state index is 13.2. The van der Waals surface area contributed by atoms with E-state index in [0.717, 1.165) is 51.4 Å². The zero-order chi connectivity index (χ0) is 20.7. The molecular weight excluding hydrogens is 378 g/mol. The first-order valence-electron chi connectivity index (χ1n) is 12.1. The molecule has 30 heavy (non-hydrogen) atoms. The molecule has 5 aliphatic rings. The Morgan fingerprint density at radius 2 is 1.77 bits per heavy atom. The number of aliphatic hydroxyl groups is 2. The summed E-state index contributed by atoms with van der Waals surface area (Å²) < 4.78 is 0. The molecule has 1 aromatic heterocycles. The summed E-state index contributed by atoms with van der Waals surface area (Å²) in [5.41, 5.74) is -0.326. The van der Waals surface area contributed by atoms with Gasteiger partial charge < -0.3 is 10.2 Å². The van der Waals surface area contributed by atoms with E-state index < -0.39 is 5.60 Å². The first-order valence-corrected chi connectivity index (χ1v) is 12.1. The fourth-order valence-electron chi connectivity index (χ4n) is 9.30. The van der Waals surface area contributed by atoms with Crippen molar-refractivity contribution in [2.45, 2.75) is 76.9 Å². The zero-order valence-corrected chi connectivity index (χ0v) is 18.0. The maximum atomic E-state index is 13.2. The first-order chi connectivity index (χ1) is 14.4. The molecule has 0 spiro atoms. The highest BCUT2D eigenvalue weighted by Crippen LogP contribution is 2.72. The molecule has 5 saturated carbocycles. The first kappa shape index (κ1) is 19.4. The van der Waals surface area contributed by atoms with Gasteiger partial charge in [0.15, 0.2) is 5.78 Å². The van der Waals surface area contributed by atoms with Gasteiger partial charge in [0, 0.05) is 12.5 Å². The van der Waals surface area contributed by atoms with Crippen LogP contribution in [0.5, 0.6) is 0 Å². The smallest absolute Gasteiger partial charge is 0.159 e. The number of aliphatic hydroxyl groups excluding tert-OH is 1. The second-order valence-electron chi connectivity index (χ2n) is 11.6. The Labute approximate surface area is 178 Å². The number of carbonyl (C=O) groups is 1. The summed E-state index contributed by atoms with van der Waals surface area (Å²) >= 11 is 0. The second-order valence-corrected chi connectivity index (χ2v) is 11.6. The lowest BCUT2D eigenvalue weighted by Crippen LogP contribution is -2.57. The van der Waals surface area contributed by atoms with E-state index in [1.807, 2.05) is 0 Å². The normalized spacial score (nSPS) is 51.4. The number of aromatic nitrogens is 3. The minimum absolute atomic E-state index is 0.0126. The van der Waals surface area contributed by atoms with Crippen molar-refractivity contribution >= 4 is 5.78 Å². The average Bonchev–Trinajstić information content (AvgIpc) is 3.04. The number of hydrogen-bond donors (Lipinski definition) is 2. The highest BCUT2D eigenvalue weighted by molar-refractivity contribution is 5.82. The second kappa shape index (κ2) is 6.38. The molecular formula is C24H35N3O3. The summed E-state index contributed by atoms with van der Waals surface area (Å²) in [6, 6.07) is 0. The predicted octanol–water partition coefficient (Wildman–Crippen LogP) is 2.84. The van der Waals surface area contributed by atoms with Gasteiger partial charge >= 0.3 is 0 Å². The number of rotatable bonds is 4. The molecule has 9 atom stereocenters. The topological polar surface area (TPSA) is 88.2 Å². The maximum Gasteiger partial charge on any atom is 0.159 e. The molecule has 0 saturated heterocycles. The highest BCUT2D eigenvalue weighted by atomic mass is 16.3. The molecule has 5 fully saturated rings. The van der Waals surface area contributed by atoms with Crippen LogP contribution in [0.15, 0.2) is 12.4 Å². The molecule has 2 unspecified atom stereocenters. The molecule has 1 aromatic rings. The molecule has 6 rings (SSSR count). The summed E-state index contributed by atoms with van der Waals surface area (Å²) in [5.74, 6) is 3.09. The van der Waals surface area contributed by atoms with Gasteiger partial charge in [0.2, 0.25) is 0 Å². The Hall–Kier alpha value is -1.27. The zero-order valence-electron chi connectivity index (χ0n) is 18.0. The fraction of sp³-hybridized carbons (Fsp3) is 0.875. The van der Waals surface area contributed by atoms with E-state index in [1.165, 1.54) is 11.2 Å². The number of carbonyl (C=O) groups excluding carboxylic acids is 1. The number of nitrogens with zero attached hydrogens (tertiary/aromatic N) is 3. The molecule has 6 nitrogen and oxygen atoms in total. The van der Waals surface area contributed by atoms with Crippen LogP contribution >= 0.6 is 0 Å². The minimum Gasteiger partial charge on any atom is -0.396 e. The van der Waals surface area contributed by atoms with Crippen LogP contribution in [0.1, 0.15) is 64.7 Å². The molecule has 0 aromatic carbocycles. The number of ketones is 1. The van der Waals surface area contributed by atoms with E-state index >= 15 is 0 Å². The third-order valence-electron chi connectivity index (χ3n) is 10.8. The lowest BCUT2D eigenvalue weighted by molar-refractivity contribution is -0.159. The molecule has 0 aliphatic heterocycles. The van der Waals surface area contributed by atoms with Crippen LogP contribution in [0, 0.1) is 46.3 Å². The third kappa shape index (κ3) is 2.46. The minimum atomic E-state index is -0.412. The number of hydrogen-bond acceptors (Lipinski definition) is 5. The van der Waals surface area contributed by atoms with Crippen molar-refractivity contribution in [1.29, 1.82) is 0 Å². The number of fused-ring (bicyclic) bond motifs is 7. The molecule has 1 heterocycles. The van der Waals surface area contributed by atoms with Gasteiger partial charge in [-0.2, -0.15) is 15.0 Å². The molecule has 0 radical (unpaired) electrons. The molecule has 0 amide bonds. The van der Waals surface area contributed by atoms with Crippen molar-refractivity contribution in [3.63, 3.8) is 0 Å². The molecule has 2 N–H and O–H groups in total. The van der Waals surface area contributed by atoms with Crippen molar-refractivity contribution < 1.29 is 15.0 Å². The van der Waals surface area contributed by atoms with Crippen LogP contribution < -0.4 is 0 Å². The summed E-state index contributed by atoms with van der Waals surface area (Å²) in [6.07, 6.45) is 12.8. The molecule has 5 aliphatic carbocycles. The summed E-state index contributed by atoms with van der Waals surface area (Å²) in [5, 5.41) is 29.7. The Balaban J connectivity index is 1.25. The predicted molar refractivity (Wildman–Crippen MR) is 110 cm³/mol. The van der Waals surface area contributed by atoms with E-state index in [9.17, 15) is 15.0 Å². The van der Waals surface area contributed by atoms with E-state index in [1.54, 1.807) is 12.4 Å². The van der Waals surface area contributed by atoms with Crippen LogP contribution in [0.2, 0.25) is 0 Å². The van der Waals surface area contributed by atoms with Crippen molar-refractivity contribution in [2.75, 3.05) is 6.61 Å². The Morgan fingerprint density at radius 3 is 2.53 bits per heavy atom. The van der Waals surface area contributed by atoms with Crippen LogP contribution in [0.25, 0.3) is 0 Å². The van der Waals surface area contributed by atoms with Crippen molar-refractivity contribution in [1.82, 2.24) is 15.0 Å². The van der Waals surface area contributed by atoms with Crippen molar-refractivity contribution in [2.24, 2.45) is 46.3 Å². The van der Waals surface area contributed by atoms with Crippen LogP contribution in [0.4, 0.5) is 0 Å². The van der Waals surface area contributed by atoms with Gasteiger partial charge in [0.25, 0.3) is 0 Å². The third-order valence-corrected chi connectivity index (χ3v) is 10.8. The van der Waals surface area contributed by atoms with Gasteiger partial charge in [-0.15, -0.1) is 0 Å². The van der Waals surface area contributed by atoms with Crippen LogP contribution in [-0.4, -0.2) is 43.2 Å². The highest BCUT2D eigenvalue weighted by Gasteiger charge is 2.70. The fourth-order valence-corrected chi connectivity index (χ4v) is 9.30. The van der Waals surface area contributed by atoms with Gasteiger partial charge in [-0.05, 0) is 98.2 Å². The molecule has 164 valence electrons. The van der Waals surface area contributed by atoms with Gasteiger partial charge in [0.1, 0.15) is 6.54 Å². The van der Waals surface area contributed by atoms with E-state index in [0.29, 0.717) is 35.4 Å². The standard InChI is InChI=1S/C24H35N3O3/c1-22-7-6-17-15(2-3-18-20-12-24(20,30)9-8-23(17,18)14-28)16(22)4-5-19(22)21(29)13-27-25-10-11-26-27/h10-11,15-20,28,30H,2-9,12-14H2,1H3/t15-,16-,17-,18-,19+,20?,22-,23?,24-/m0/s1. The summed E-state index contributed by atoms with van der Waals surface area (Å²) in [7, 11) is 0. The van der Waals surface area contributed by atoms with Gasteiger partial charge in [0.05, 0.1) is 18.0 Å². The molecule has 6 heteroatoms. The van der Waals surface area contributed by atoms with Gasteiger partial charge in [-0.1, -0.05) is 6.92 Å². The van der Waals surface area contributed by atoms with Crippen LogP contribution in [-0.2, 0) is 11.3 Å². The Kier molecular flexibility index (Phi) is 4.13. The SMILES string of the molecule is C[C@]12CC[C@H]3[C@@H](CC[C@H]4C5C[C@@]5(O)CCC43CO)[C@@H]1CC[C@@H]2C(=O)Cn1nccn1. The van der Waals surface area contributed by atoms with Crippen molar-refractivity contribution in [3.05, 3.63) is 12.4 Å². The Bertz CT molecular complexity index is 843. The summed E-state index contributed by atoms with van der Waals surface area (Å²) in [6.45, 7) is 2.94. The lowest BCUT2D eigenvalue weighted by Gasteiger charge is -2.61. The van der Waals surface area contributed by atoms with Crippen molar-refractivity contribution in [3.8, 4) is 0 Å². The van der Waals surface area contributed by atoms with E-state index in [4.69, 9.17) is 0 Å². The summed E-state index contributed by atoms with van der Waals surface area (Å²) in [4.78, 5) is 14.7. The van der Waals surface area contributed by atoms with E-state index in [-0.39, 0.29) is 29.9 Å². The quantitative estimate of drug-likeness (QED) is 0.792. The largest absolute Gasteiger partial charge is 0.396 e. The molecule has 0 bridgehead atoms. The van der Waals surface area contributed by atoms with Crippen LogP contribution in [0.3, 0.4) is 0 Å². The monoisotopic (exact) mass is 413 g/mol. The van der Waals surface area contributed by atoms with Gasteiger partial charge in [-0.3, -0.25) is 4.79 Å². The lowest BCUT2D eigenvalue weighted by atomic mass is 9.44.